The van der Waals surface area contributed by atoms with Crippen LogP contribution in [0, 0.1) is 6.92 Å². The molecule has 0 aliphatic carbocycles. The van der Waals surface area contributed by atoms with Gasteiger partial charge in [0.15, 0.2) is 0 Å². The minimum Gasteiger partial charge on any atom is -0.377 e. The molecular weight excluding hydrogens is 280 g/mol. The predicted molar refractivity (Wildman–Crippen MR) is 90.0 cm³/mol. The van der Waals surface area contributed by atoms with E-state index < -0.39 is 0 Å². The number of halogens is 1. The van der Waals surface area contributed by atoms with E-state index in [0.717, 1.165) is 16.6 Å². The first-order valence-corrected chi connectivity index (χ1v) is 7.38. The highest BCUT2D eigenvalue weighted by molar-refractivity contribution is 6.31. The first-order valence-electron chi connectivity index (χ1n) is 7.01. The van der Waals surface area contributed by atoms with Crippen LogP contribution in [0.25, 0.3) is 10.9 Å². The van der Waals surface area contributed by atoms with E-state index in [1.54, 1.807) is 6.20 Å². The minimum absolute atomic E-state index is 0.189. The first kappa shape index (κ1) is 13.9. The van der Waals surface area contributed by atoms with Gasteiger partial charge in [-0.2, -0.15) is 0 Å². The van der Waals surface area contributed by atoms with E-state index >= 15 is 0 Å². The molecule has 1 unspecified atom stereocenters. The highest BCUT2D eigenvalue weighted by Gasteiger charge is 2.09. The number of aromatic nitrogens is 1. The molecule has 0 fully saturated rings. The van der Waals surface area contributed by atoms with Crippen molar-refractivity contribution < 1.29 is 0 Å². The van der Waals surface area contributed by atoms with Gasteiger partial charge in [-0.05, 0) is 37.6 Å². The molecule has 3 rings (SSSR count). The second-order valence-electron chi connectivity index (χ2n) is 5.31. The molecule has 0 aliphatic heterocycles. The smallest absolute Gasteiger partial charge is 0.0934 e. The van der Waals surface area contributed by atoms with Crippen LogP contribution in [0.5, 0.6) is 0 Å². The van der Waals surface area contributed by atoms with Crippen molar-refractivity contribution in [1.29, 1.82) is 0 Å². The summed E-state index contributed by atoms with van der Waals surface area (Å²) in [6.45, 7) is 4.23. The number of nitrogens with zero attached hydrogens (tertiary/aromatic N) is 1. The van der Waals surface area contributed by atoms with E-state index in [1.807, 2.05) is 24.3 Å². The third kappa shape index (κ3) is 3.01. The van der Waals surface area contributed by atoms with Gasteiger partial charge in [-0.25, -0.2) is 0 Å². The third-order valence-electron chi connectivity index (χ3n) is 3.62. The molecule has 3 aromatic rings. The Balaban J connectivity index is 1.95. The number of aryl methyl sites for hydroxylation is 1. The Hall–Kier alpha value is -2.06. The van der Waals surface area contributed by atoms with Gasteiger partial charge in [0, 0.05) is 22.6 Å². The highest BCUT2D eigenvalue weighted by atomic mass is 35.5. The molecule has 0 saturated heterocycles. The number of benzene rings is 2. The van der Waals surface area contributed by atoms with Gasteiger partial charge >= 0.3 is 0 Å². The Bertz CT molecular complexity index is 766. The zero-order valence-corrected chi connectivity index (χ0v) is 12.9. The number of nitrogens with one attached hydrogen (secondary N) is 1. The van der Waals surface area contributed by atoms with Gasteiger partial charge in [0.2, 0.25) is 0 Å². The molecule has 21 heavy (non-hydrogen) atoms. The third-order valence-corrected chi connectivity index (χ3v) is 3.84. The molecule has 0 saturated carbocycles. The SMILES string of the molecule is Cc1ccc(C(C)Nc2cc(Cl)cc3cccnc23)cc1. The Morgan fingerprint density at radius 3 is 2.62 bits per heavy atom. The van der Waals surface area contributed by atoms with Gasteiger partial charge in [0.25, 0.3) is 0 Å². The van der Waals surface area contributed by atoms with Crippen molar-refractivity contribution in [3.63, 3.8) is 0 Å². The van der Waals surface area contributed by atoms with Crippen molar-refractivity contribution in [2.75, 3.05) is 5.32 Å². The molecule has 0 radical (unpaired) electrons. The fourth-order valence-electron chi connectivity index (χ4n) is 2.44. The van der Waals surface area contributed by atoms with Gasteiger partial charge in [0.1, 0.15) is 0 Å². The van der Waals surface area contributed by atoms with E-state index in [-0.39, 0.29) is 6.04 Å². The monoisotopic (exact) mass is 296 g/mol. The van der Waals surface area contributed by atoms with Crippen molar-refractivity contribution in [1.82, 2.24) is 4.98 Å². The molecule has 0 bridgehead atoms. The van der Waals surface area contributed by atoms with Crippen LogP contribution in [0.4, 0.5) is 5.69 Å². The topological polar surface area (TPSA) is 24.9 Å². The Morgan fingerprint density at radius 1 is 1.10 bits per heavy atom. The lowest BCUT2D eigenvalue weighted by Gasteiger charge is -2.17. The van der Waals surface area contributed by atoms with Gasteiger partial charge < -0.3 is 5.32 Å². The van der Waals surface area contributed by atoms with Gasteiger partial charge in [0.05, 0.1) is 11.2 Å². The van der Waals surface area contributed by atoms with Crippen LogP contribution in [0.3, 0.4) is 0 Å². The molecule has 1 aromatic heterocycles. The Labute approximate surface area is 129 Å². The number of hydrogen-bond acceptors (Lipinski definition) is 2. The molecule has 0 aliphatic rings. The summed E-state index contributed by atoms with van der Waals surface area (Å²) in [5.41, 5.74) is 4.41. The van der Waals surface area contributed by atoms with E-state index in [0.29, 0.717) is 5.02 Å². The molecule has 0 amide bonds. The number of hydrogen-bond donors (Lipinski definition) is 1. The maximum absolute atomic E-state index is 6.21. The molecule has 0 spiro atoms. The molecule has 3 heteroatoms. The lowest BCUT2D eigenvalue weighted by molar-refractivity contribution is 0.885. The van der Waals surface area contributed by atoms with Crippen LogP contribution in [0.1, 0.15) is 24.1 Å². The summed E-state index contributed by atoms with van der Waals surface area (Å²) in [7, 11) is 0. The lowest BCUT2D eigenvalue weighted by Crippen LogP contribution is -2.07. The highest BCUT2D eigenvalue weighted by Crippen LogP contribution is 2.29. The van der Waals surface area contributed by atoms with Crippen LogP contribution in [0.2, 0.25) is 5.02 Å². The fourth-order valence-corrected chi connectivity index (χ4v) is 2.66. The second-order valence-corrected chi connectivity index (χ2v) is 5.74. The summed E-state index contributed by atoms with van der Waals surface area (Å²) in [5.74, 6) is 0. The van der Waals surface area contributed by atoms with E-state index in [1.165, 1.54) is 11.1 Å². The molecule has 2 aromatic carbocycles. The van der Waals surface area contributed by atoms with Crippen molar-refractivity contribution in [3.8, 4) is 0 Å². The van der Waals surface area contributed by atoms with Crippen molar-refractivity contribution in [2.24, 2.45) is 0 Å². The lowest BCUT2D eigenvalue weighted by atomic mass is 10.1. The van der Waals surface area contributed by atoms with Crippen LogP contribution in [-0.2, 0) is 0 Å². The average molecular weight is 297 g/mol. The summed E-state index contributed by atoms with van der Waals surface area (Å²) >= 11 is 6.21. The first-order chi connectivity index (χ1) is 10.1. The number of anilines is 1. The predicted octanol–water partition coefficient (Wildman–Crippen LogP) is 5.37. The molecule has 1 atom stereocenters. The van der Waals surface area contributed by atoms with E-state index in [9.17, 15) is 0 Å². The quantitative estimate of drug-likeness (QED) is 0.703. The van der Waals surface area contributed by atoms with Gasteiger partial charge in [-0.15, -0.1) is 0 Å². The standard InChI is InChI=1S/C18H17ClN2/c1-12-5-7-14(8-6-12)13(2)21-17-11-16(19)10-15-4-3-9-20-18(15)17/h3-11,13,21H,1-2H3. The van der Waals surface area contributed by atoms with Gasteiger partial charge in [-0.1, -0.05) is 47.5 Å². The number of fused-ring (bicyclic) bond motifs is 1. The zero-order chi connectivity index (χ0) is 14.8. The summed E-state index contributed by atoms with van der Waals surface area (Å²) in [6.07, 6.45) is 1.80. The summed E-state index contributed by atoms with van der Waals surface area (Å²) in [6, 6.07) is 16.5. The average Bonchev–Trinajstić information content (AvgIpc) is 2.47. The summed E-state index contributed by atoms with van der Waals surface area (Å²) in [5, 5.41) is 5.28. The maximum Gasteiger partial charge on any atom is 0.0934 e. The Kier molecular flexibility index (Phi) is 3.80. The zero-order valence-electron chi connectivity index (χ0n) is 12.1. The molecule has 1 N–H and O–H groups in total. The number of rotatable bonds is 3. The van der Waals surface area contributed by atoms with Crippen molar-refractivity contribution >= 4 is 28.2 Å². The van der Waals surface area contributed by atoms with Crippen molar-refractivity contribution in [2.45, 2.75) is 19.9 Å². The van der Waals surface area contributed by atoms with E-state index in [4.69, 9.17) is 11.6 Å². The summed E-state index contributed by atoms with van der Waals surface area (Å²) in [4.78, 5) is 4.46. The Morgan fingerprint density at radius 2 is 1.86 bits per heavy atom. The molecule has 2 nitrogen and oxygen atoms in total. The van der Waals surface area contributed by atoms with E-state index in [2.05, 4.69) is 48.4 Å². The molecule has 106 valence electrons. The van der Waals surface area contributed by atoms with Crippen LogP contribution < -0.4 is 5.32 Å². The van der Waals surface area contributed by atoms with Crippen LogP contribution in [0.15, 0.2) is 54.7 Å². The normalized spacial score (nSPS) is 12.3. The minimum atomic E-state index is 0.189. The summed E-state index contributed by atoms with van der Waals surface area (Å²) < 4.78 is 0. The van der Waals surface area contributed by atoms with Crippen molar-refractivity contribution in [3.05, 3.63) is 70.9 Å². The molecule has 1 heterocycles. The van der Waals surface area contributed by atoms with Crippen LogP contribution in [-0.4, -0.2) is 4.98 Å². The number of pyridine rings is 1. The largest absolute Gasteiger partial charge is 0.377 e. The second kappa shape index (κ2) is 5.74. The van der Waals surface area contributed by atoms with Gasteiger partial charge in [-0.3, -0.25) is 4.98 Å². The molecular formula is C18H17ClN2. The fraction of sp³-hybridized carbons (Fsp3) is 0.167. The maximum atomic E-state index is 6.21. The van der Waals surface area contributed by atoms with Crippen LogP contribution >= 0.6 is 11.6 Å².